The molecular formula is C20H22N4O2. The number of likely N-dealkylation sites (tertiary alicyclic amines) is 1. The van der Waals surface area contributed by atoms with Gasteiger partial charge in [-0.1, -0.05) is 17.3 Å². The standard InChI is InChI=1S/C20H22N4O2/c1-25-18-8-2-5-15(12-18)11-17-7-4-10-24(17)14-19-22-20(23-26-19)16-6-3-9-21-13-16/h2-3,5-6,8-9,12-13,17H,4,7,10-11,14H2,1H3. The lowest BCUT2D eigenvalue weighted by atomic mass is 10.0. The number of methoxy groups -OCH3 is 1. The second-order valence-electron chi connectivity index (χ2n) is 6.58. The fourth-order valence-corrected chi connectivity index (χ4v) is 3.51. The maximum atomic E-state index is 5.47. The number of ether oxygens (including phenoxy) is 1. The molecule has 3 aromatic rings. The van der Waals surface area contributed by atoms with Crippen molar-refractivity contribution in [2.75, 3.05) is 13.7 Å². The highest BCUT2D eigenvalue weighted by molar-refractivity contribution is 5.51. The van der Waals surface area contributed by atoms with E-state index in [1.807, 2.05) is 24.3 Å². The van der Waals surface area contributed by atoms with Gasteiger partial charge < -0.3 is 9.26 Å². The molecule has 4 rings (SSSR count). The summed E-state index contributed by atoms with van der Waals surface area (Å²) in [5, 5.41) is 4.09. The minimum atomic E-state index is 0.482. The molecule has 0 radical (unpaired) electrons. The monoisotopic (exact) mass is 350 g/mol. The average Bonchev–Trinajstić information content (AvgIpc) is 3.33. The second kappa shape index (κ2) is 7.66. The van der Waals surface area contributed by atoms with Crippen LogP contribution in [0, 0.1) is 0 Å². The Morgan fingerprint density at radius 2 is 2.23 bits per heavy atom. The summed E-state index contributed by atoms with van der Waals surface area (Å²) < 4.78 is 10.8. The van der Waals surface area contributed by atoms with E-state index in [0.717, 1.165) is 24.3 Å². The summed E-state index contributed by atoms with van der Waals surface area (Å²) in [4.78, 5) is 11.1. The summed E-state index contributed by atoms with van der Waals surface area (Å²) >= 11 is 0. The lowest BCUT2D eigenvalue weighted by Gasteiger charge is -2.23. The molecule has 0 spiro atoms. The lowest BCUT2D eigenvalue weighted by Crippen LogP contribution is -2.30. The van der Waals surface area contributed by atoms with E-state index in [-0.39, 0.29) is 0 Å². The molecule has 6 heteroatoms. The van der Waals surface area contributed by atoms with Crippen molar-refractivity contribution in [1.82, 2.24) is 20.0 Å². The predicted molar refractivity (Wildman–Crippen MR) is 97.7 cm³/mol. The van der Waals surface area contributed by atoms with E-state index in [1.165, 1.54) is 18.4 Å². The van der Waals surface area contributed by atoms with Crippen LogP contribution in [-0.2, 0) is 13.0 Å². The van der Waals surface area contributed by atoms with E-state index in [9.17, 15) is 0 Å². The molecule has 1 aliphatic rings. The molecule has 1 aliphatic heterocycles. The quantitative estimate of drug-likeness (QED) is 0.679. The molecule has 1 unspecified atom stereocenters. The van der Waals surface area contributed by atoms with Crippen molar-refractivity contribution in [2.24, 2.45) is 0 Å². The molecule has 3 heterocycles. The molecule has 0 aliphatic carbocycles. The minimum Gasteiger partial charge on any atom is -0.497 e. The van der Waals surface area contributed by atoms with Crippen LogP contribution >= 0.6 is 0 Å². The molecular weight excluding hydrogens is 328 g/mol. The third kappa shape index (κ3) is 3.75. The molecule has 0 N–H and O–H groups in total. The van der Waals surface area contributed by atoms with Gasteiger partial charge in [-0.05, 0) is 55.6 Å². The Morgan fingerprint density at radius 3 is 3.08 bits per heavy atom. The van der Waals surface area contributed by atoms with Crippen molar-refractivity contribution in [1.29, 1.82) is 0 Å². The average molecular weight is 350 g/mol. The van der Waals surface area contributed by atoms with Crippen LogP contribution in [0.15, 0.2) is 53.3 Å². The Balaban J connectivity index is 1.43. The van der Waals surface area contributed by atoms with Gasteiger partial charge in [0.25, 0.3) is 0 Å². The van der Waals surface area contributed by atoms with Gasteiger partial charge in [0.1, 0.15) is 5.75 Å². The molecule has 134 valence electrons. The highest BCUT2D eigenvalue weighted by Gasteiger charge is 2.26. The van der Waals surface area contributed by atoms with Crippen molar-refractivity contribution in [2.45, 2.75) is 31.8 Å². The summed E-state index contributed by atoms with van der Waals surface area (Å²) in [5.41, 5.74) is 2.17. The first-order valence-corrected chi connectivity index (χ1v) is 8.92. The van der Waals surface area contributed by atoms with Crippen molar-refractivity contribution >= 4 is 0 Å². The Morgan fingerprint density at radius 1 is 1.27 bits per heavy atom. The van der Waals surface area contributed by atoms with Gasteiger partial charge in [0, 0.05) is 24.0 Å². The van der Waals surface area contributed by atoms with E-state index in [4.69, 9.17) is 9.26 Å². The van der Waals surface area contributed by atoms with Crippen LogP contribution < -0.4 is 4.74 Å². The molecule has 0 amide bonds. The third-order valence-corrected chi connectivity index (χ3v) is 4.83. The van der Waals surface area contributed by atoms with E-state index in [2.05, 4.69) is 32.2 Å². The van der Waals surface area contributed by atoms with Gasteiger partial charge in [0.2, 0.25) is 11.7 Å². The second-order valence-corrected chi connectivity index (χ2v) is 6.58. The summed E-state index contributed by atoms with van der Waals surface area (Å²) in [6.45, 7) is 1.74. The number of benzene rings is 1. The normalized spacial score (nSPS) is 17.5. The Bertz CT molecular complexity index is 850. The number of pyridine rings is 1. The zero-order chi connectivity index (χ0) is 17.8. The molecule has 1 aromatic carbocycles. The molecule has 0 bridgehead atoms. The number of hydrogen-bond acceptors (Lipinski definition) is 6. The fraction of sp³-hybridized carbons (Fsp3) is 0.350. The van der Waals surface area contributed by atoms with Crippen molar-refractivity contribution in [3.8, 4) is 17.1 Å². The van der Waals surface area contributed by atoms with Gasteiger partial charge in [-0.25, -0.2) is 0 Å². The van der Waals surface area contributed by atoms with Crippen LogP contribution in [-0.4, -0.2) is 39.7 Å². The van der Waals surface area contributed by atoms with E-state index >= 15 is 0 Å². The summed E-state index contributed by atoms with van der Waals surface area (Å²) in [7, 11) is 1.70. The predicted octanol–water partition coefficient (Wildman–Crippen LogP) is 3.35. The molecule has 6 nitrogen and oxygen atoms in total. The molecule has 1 atom stereocenters. The summed E-state index contributed by atoms with van der Waals surface area (Å²) in [6.07, 6.45) is 6.85. The first-order valence-electron chi connectivity index (χ1n) is 8.92. The highest BCUT2D eigenvalue weighted by Crippen LogP contribution is 2.25. The number of rotatable bonds is 6. The summed E-state index contributed by atoms with van der Waals surface area (Å²) in [6, 6.07) is 12.6. The maximum absolute atomic E-state index is 5.47. The Labute approximate surface area is 152 Å². The van der Waals surface area contributed by atoms with Crippen LogP contribution in [0.25, 0.3) is 11.4 Å². The molecule has 1 fully saturated rings. The smallest absolute Gasteiger partial charge is 0.241 e. The third-order valence-electron chi connectivity index (χ3n) is 4.83. The molecule has 2 aromatic heterocycles. The maximum Gasteiger partial charge on any atom is 0.241 e. The topological polar surface area (TPSA) is 64.3 Å². The van der Waals surface area contributed by atoms with Gasteiger partial charge >= 0.3 is 0 Å². The molecule has 0 saturated carbocycles. The lowest BCUT2D eigenvalue weighted by molar-refractivity contribution is 0.209. The fourth-order valence-electron chi connectivity index (χ4n) is 3.51. The van der Waals surface area contributed by atoms with E-state index in [1.54, 1.807) is 19.5 Å². The first kappa shape index (κ1) is 16.7. The minimum absolute atomic E-state index is 0.482. The van der Waals surface area contributed by atoms with E-state index in [0.29, 0.717) is 24.3 Å². The van der Waals surface area contributed by atoms with Crippen molar-refractivity contribution < 1.29 is 9.26 Å². The van der Waals surface area contributed by atoms with Crippen molar-refractivity contribution in [3.05, 3.63) is 60.2 Å². The van der Waals surface area contributed by atoms with Crippen molar-refractivity contribution in [3.63, 3.8) is 0 Å². The molecule has 26 heavy (non-hydrogen) atoms. The number of aromatic nitrogens is 3. The van der Waals surface area contributed by atoms with Gasteiger partial charge in [-0.15, -0.1) is 0 Å². The van der Waals surface area contributed by atoms with Crippen LogP contribution in [0.1, 0.15) is 24.3 Å². The zero-order valence-corrected chi connectivity index (χ0v) is 14.8. The first-order chi connectivity index (χ1) is 12.8. The van der Waals surface area contributed by atoms with Gasteiger partial charge in [-0.2, -0.15) is 4.98 Å². The zero-order valence-electron chi connectivity index (χ0n) is 14.8. The number of hydrogen-bond donors (Lipinski definition) is 0. The van der Waals surface area contributed by atoms with Gasteiger partial charge in [0.05, 0.1) is 13.7 Å². The molecule has 1 saturated heterocycles. The van der Waals surface area contributed by atoms with Crippen LogP contribution in [0.2, 0.25) is 0 Å². The summed E-state index contributed by atoms with van der Waals surface area (Å²) in [5.74, 6) is 2.16. The Hall–Kier alpha value is -2.73. The van der Waals surface area contributed by atoms with Crippen LogP contribution in [0.3, 0.4) is 0 Å². The van der Waals surface area contributed by atoms with Crippen LogP contribution in [0.4, 0.5) is 0 Å². The van der Waals surface area contributed by atoms with Crippen LogP contribution in [0.5, 0.6) is 5.75 Å². The highest BCUT2D eigenvalue weighted by atomic mass is 16.5. The Kier molecular flexibility index (Phi) is 4.93. The van der Waals surface area contributed by atoms with Gasteiger partial charge in [-0.3, -0.25) is 9.88 Å². The van der Waals surface area contributed by atoms with E-state index < -0.39 is 0 Å². The van der Waals surface area contributed by atoms with Gasteiger partial charge in [0.15, 0.2) is 0 Å². The number of nitrogens with zero attached hydrogens (tertiary/aromatic N) is 4. The SMILES string of the molecule is COc1cccc(CC2CCCN2Cc2nc(-c3cccnc3)no2)c1. The largest absolute Gasteiger partial charge is 0.497 e.